The van der Waals surface area contributed by atoms with E-state index in [0.717, 1.165) is 25.9 Å². The second-order valence-electron chi connectivity index (χ2n) is 6.10. The van der Waals surface area contributed by atoms with Crippen molar-refractivity contribution in [1.82, 2.24) is 10.2 Å². The zero-order valence-electron chi connectivity index (χ0n) is 12.6. The summed E-state index contributed by atoms with van der Waals surface area (Å²) >= 11 is 0. The molecule has 0 saturated heterocycles. The van der Waals surface area contributed by atoms with E-state index in [1.54, 1.807) is 0 Å². The van der Waals surface area contributed by atoms with Gasteiger partial charge < -0.3 is 15.1 Å². The minimum absolute atomic E-state index is 0.177. The Morgan fingerprint density at radius 3 is 2.76 bits per heavy atom. The van der Waals surface area contributed by atoms with E-state index in [9.17, 15) is 0 Å². The van der Waals surface area contributed by atoms with E-state index in [1.165, 1.54) is 11.1 Å². The van der Waals surface area contributed by atoms with Crippen LogP contribution in [0.5, 0.6) is 0 Å². The van der Waals surface area contributed by atoms with Gasteiger partial charge in [-0.25, -0.2) is 0 Å². The number of benzene rings is 1. The van der Waals surface area contributed by atoms with E-state index in [4.69, 9.17) is 10.2 Å². The van der Waals surface area contributed by atoms with Crippen LogP contribution in [0.15, 0.2) is 28.7 Å². The van der Waals surface area contributed by atoms with E-state index in [2.05, 4.69) is 53.2 Å². The lowest BCUT2D eigenvalue weighted by atomic mass is 10.0. The molecule has 3 rings (SSSR count). The monoisotopic (exact) mass is 286 g/mol. The molecule has 0 fully saturated rings. The van der Waals surface area contributed by atoms with Crippen molar-refractivity contribution in [3.05, 3.63) is 41.3 Å². The van der Waals surface area contributed by atoms with Gasteiger partial charge in [-0.15, -0.1) is 5.10 Å². The number of aromatic nitrogens is 2. The number of nitrogens with two attached hydrogens (primary N) is 1. The summed E-state index contributed by atoms with van der Waals surface area (Å²) in [4.78, 5) is 2.13. The lowest BCUT2D eigenvalue weighted by molar-refractivity contribution is 0.399. The molecule has 1 unspecified atom stereocenters. The fourth-order valence-corrected chi connectivity index (χ4v) is 2.77. The first kappa shape index (κ1) is 14.1. The van der Waals surface area contributed by atoms with Crippen LogP contribution in [-0.2, 0) is 13.0 Å². The second-order valence-corrected chi connectivity index (χ2v) is 6.10. The van der Waals surface area contributed by atoms with Crippen molar-refractivity contribution in [1.29, 1.82) is 0 Å². The van der Waals surface area contributed by atoms with Crippen molar-refractivity contribution in [2.75, 3.05) is 11.4 Å². The lowest BCUT2D eigenvalue weighted by Crippen LogP contribution is -2.30. The Morgan fingerprint density at radius 1 is 1.24 bits per heavy atom. The van der Waals surface area contributed by atoms with Gasteiger partial charge in [0.1, 0.15) is 0 Å². The van der Waals surface area contributed by atoms with Crippen LogP contribution in [0.2, 0.25) is 0 Å². The topological polar surface area (TPSA) is 68.2 Å². The van der Waals surface area contributed by atoms with Crippen molar-refractivity contribution in [2.24, 2.45) is 11.7 Å². The Balaban J connectivity index is 1.73. The van der Waals surface area contributed by atoms with E-state index in [0.29, 0.717) is 17.8 Å². The molecule has 0 aliphatic carbocycles. The molecule has 1 aromatic heterocycles. The number of rotatable bonds is 4. The van der Waals surface area contributed by atoms with E-state index >= 15 is 0 Å². The summed E-state index contributed by atoms with van der Waals surface area (Å²) in [6.45, 7) is 5.99. The standard InChI is InChI=1S/C16H22N4O/c1-11(2)9-14(17)15-18-19-16(21-15)20-8-7-12-5-3-4-6-13(12)10-20/h3-6,11,14H,7-10,17H2,1-2H3. The highest BCUT2D eigenvalue weighted by Gasteiger charge is 2.22. The number of nitrogens with zero attached hydrogens (tertiary/aromatic N) is 3. The fourth-order valence-electron chi connectivity index (χ4n) is 2.77. The minimum Gasteiger partial charge on any atom is -0.406 e. The predicted octanol–water partition coefficient (Wildman–Crippen LogP) is 2.68. The van der Waals surface area contributed by atoms with Crippen molar-refractivity contribution in [3.8, 4) is 0 Å². The van der Waals surface area contributed by atoms with E-state index in [1.807, 2.05) is 0 Å². The summed E-state index contributed by atoms with van der Waals surface area (Å²) < 4.78 is 5.78. The molecule has 2 heterocycles. The smallest absolute Gasteiger partial charge is 0.318 e. The van der Waals surface area contributed by atoms with Gasteiger partial charge in [-0.3, -0.25) is 0 Å². The third-order valence-corrected chi connectivity index (χ3v) is 3.87. The van der Waals surface area contributed by atoms with Crippen LogP contribution in [-0.4, -0.2) is 16.7 Å². The summed E-state index contributed by atoms with van der Waals surface area (Å²) in [5.74, 6) is 1.05. The van der Waals surface area contributed by atoms with Gasteiger partial charge in [0.25, 0.3) is 0 Å². The van der Waals surface area contributed by atoms with Crippen LogP contribution >= 0.6 is 0 Å². The molecule has 0 spiro atoms. The highest BCUT2D eigenvalue weighted by Crippen LogP contribution is 2.25. The number of anilines is 1. The molecule has 0 bridgehead atoms. The van der Waals surface area contributed by atoms with Crippen molar-refractivity contribution < 1.29 is 4.42 Å². The third kappa shape index (κ3) is 3.08. The highest BCUT2D eigenvalue weighted by atomic mass is 16.4. The summed E-state index contributed by atoms with van der Waals surface area (Å²) in [5, 5.41) is 8.29. The Bertz CT molecular complexity index is 608. The van der Waals surface area contributed by atoms with Crippen LogP contribution in [0, 0.1) is 5.92 Å². The Labute approximate surface area is 125 Å². The molecule has 0 radical (unpaired) electrons. The van der Waals surface area contributed by atoms with Gasteiger partial charge in [0.05, 0.1) is 6.04 Å². The highest BCUT2D eigenvalue weighted by molar-refractivity contribution is 5.37. The number of hydrogen-bond acceptors (Lipinski definition) is 5. The molecule has 0 amide bonds. The molecular formula is C16H22N4O. The molecule has 21 heavy (non-hydrogen) atoms. The van der Waals surface area contributed by atoms with E-state index < -0.39 is 0 Å². The van der Waals surface area contributed by atoms with Gasteiger partial charge in [0, 0.05) is 13.1 Å². The van der Waals surface area contributed by atoms with Crippen LogP contribution in [0.3, 0.4) is 0 Å². The first-order valence-electron chi connectivity index (χ1n) is 7.54. The molecule has 0 saturated carbocycles. The van der Waals surface area contributed by atoms with Gasteiger partial charge in [-0.1, -0.05) is 43.2 Å². The van der Waals surface area contributed by atoms with Gasteiger partial charge in [-0.05, 0) is 29.9 Å². The zero-order valence-corrected chi connectivity index (χ0v) is 12.6. The van der Waals surface area contributed by atoms with Gasteiger partial charge in [-0.2, -0.15) is 0 Å². The summed E-state index contributed by atoms with van der Waals surface area (Å²) in [7, 11) is 0. The zero-order chi connectivity index (χ0) is 14.8. The Morgan fingerprint density at radius 2 is 2.00 bits per heavy atom. The summed E-state index contributed by atoms with van der Waals surface area (Å²) in [6.07, 6.45) is 1.86. The predicted molar refractivity (Wildman–Crippen MR) is 81.9 cm³/mol. The average Bonchev–Trinajstić information content (AvgIpc) is 2.96. The first-order chi connectivity index (χ1) is 10.1. The molecule has 5 nitrogen and oxygen atoms in total. The molecule has 1 aliphatic rings. The fraction of sp³-hybridized carbons (Fsp3) is 0.500. The maximum absolute atomic E-state index is 6.10. The van der Waals surface area contributed by atoms with Gasteiger partial charge in [0.2, 0.25) is 5.89 Å². The van der Waals surface area contributed by atoms with Gasteiger partial charge >= 0.3 is 6.01 Å². The minimum atomic E-state index is -0.177. The Kier molecular flexibility index (Phi) is 3.92. The van der Waals surface area contributed by atoms with Crippen molar-refractivity contribution >= 4 is 6.01 Å². The number of hydrogen-bond donors (Lipinski definition) is 1. The molecule has 5 heteroatoms. The first-order valence-corrected chi connectivity index (χ1v) is 7.54. The SMILES string of the molecule is CC(C)CC(N)c1nnc(N2CCc3ccccc3C2)o1. The summed E-state index contributed by atoms with van der Waals surface area (Å²) in [5.41, 5.74) is 8.84. The molecule has 2 N–H and O–H groups in total. The lowest BCUT2D eigenvalue weighted by Gasteiger charge is -2.26. The van der Waals surface area contributed by atoms with Gasteiger partial charge in [0.15, 0.2) is 0 Å². The molecular weight excluding hydrogens is 264 g/mol. The van der Waals surface area contributed by atoms with Crippen molar-refractivity contribution in [2.45, 2.75) is 39.3 Å². The number of fused-ring (bicyclic) bond motifs is 1. The summed E-state index contributed by atoms with van der Waals surface area (Å²) in [6, 6.07) is 8.90. The van der Waals surface area contributed by atoms with Crippen LogP contribution < -0.4 is 10.6 Å². The normalized spacial score (nSPS) is 16.1. The van der Waals surface area contributed by atoms with Crippen LogP contribution in [0.25, 0.3) is 0 Å². The molecule has 2 aromatic rings. The molecule has 1 aromatic carbocycles. The maximum atomic E-state index is 6.10. The molecule has 1 aliphatic heterocycles. The molecule has 1 atom stereocenters. The Hall–Kier alpha value is -1.88. The average molecular weight is 286 g/mol. The van der Waals surface area contributed by atoms with Crippen LogP contribution in [0.1, 0.15) is 43.3 Å². The van der Waals surface area contributed by atoms with Crippen molar-refractivity contribution in [3.63, 3.8) is 0 Å². The largest absolute Gasteiger partial charge is 0.406 e. The van der Waals surface area contributed by atoms with E-state index in [-0.39, 0.29) is 6.04 Å². The second kappa shape index (κ2) is 5.85. The third-order valence-electron chi connectivity index (χ3n) is 3.87. The van der Waals surface area contributed by atoms with Crippen LogP contribution in [0.4, 0.5) is 6.01 Å². The maximum Gasteiger partial charge on any atom is 0.318 e. The quantitative estimate of drug-likeness (QED) is 0.936. The molecule has 112 valence electrons.